The summed E-state index contributed by atoms with van der Waals surface area (Å²) in [6, 6.07) is 11.7. The molecule has 2 aromatic heterocycles. The fourth-order valence-electron chi connectivity index (χ4n) is 4.89. The van der Waals surface area contributed by atoms with Gasteiger partial charge in [0.2, 0.25) is 5.91 Å². The van der Waals surface area contributed by atoms with E-state index in [0.717, 1.165) is 54.8 Å². The lowest BCUT2D eigenvalue weighted by Gasteiger charge is -2.39. The van der Waals surface area contributed by atoms with E-state index in [-0.39, 0.29) is 29.9 Å². The van der Waals surface area contributed by atoms with Gasteiger partial charge in [-0.15, -0.1) is 0 Å². The van der Waals surface area contributed by atoms with E-state index in [0.29, 0.717) is 6.42 Å². The molecular weight excluding hydrogens is 378 g/mol. The van der Waals surface area contributed by atoms with Gasteiger partial charge >= 0.3 is 0 Å². The smallest absolute Gasteiger partial charge is 0.224 e. The number of H-pyrrole nitrogens is 1. The Morgan fingerprint density at radius 3 is 2.87 bits per heavy atom. The van der Waals surface area contributed by atoms with Gasteiger partial charge in [0.1, 0.15) is 17.8 Å². The molecule has 1 aromatic carbocycles. The second kappa shape index (κ2) is 7.72. The lowest BCUT2D eigenvalue weighted by molar-refractivity contribution is -0.128. The van der Waals surface area contributed by atoms with Crippen molar-refractivity contribution in [1.82, 2.24) is 20.3 Å². The zero-order valence-corrected chi connectivity index (χ0v) is 16.9. The zero-order valence-electron chi connectivity index (χ0n) is 16.9. The Morgan fingerprint density at radius 1 is 1.27 bits per heavy atom. The number of benzene rings is 1. The van der Waals surface area contributed by atoms with Gasteiger partial charge in [-0.3, -0.25) is 4.79 Å². The highest BCUT2D eigenvalue weighted by Crippen LogP contribution is 2.56. The Bertz CT molecular complexity index is 1030. The number of anilines is 1. The van der Waals surface area contributed by atoms with E-state index in [1.807, 2.05) is 42.6 Å². The van der Waals surface area contributed by atoms with Gasteiger partial charge in [-0.1, -0.05) is 30.3 Å². The van der Waals surface area contributed by atoms with Crippen molar-refractivity contribution in [1.29, 1.82) is 0 Å². The molecule has 30 heavy (non-hydrogen) atoms. The average molecular weight is 406 g/mol. The van der Waals surface area contributed by atoms with Crippen molar-refractivity contribution in [3.8, 4) is 0 Å². The van der Waals surface area contributed by atoms with Gasteiger partial charge in [0, 0.05) is 25.2 Å². The molecule has 3 aromatic rings. The molecule has 156 valence electrons. The summed E-state index contributed by atoms with van der Waals surface area (Å²) in [6.45, 7) is 1.57. The summed E-state index contributed by atoms with van der Waals surface area (Å²) in [6.07, 6.45) is 7.04. The molecule has 1 saturated heterocycles. The molecule has 1 unspecified atom stereocenters. The van der Waals surface area contributed by atoms with E-state index in [9.17, 15) is 9.90 Å². The van der Waals surface area contributed by atoms with Gasteiger partial charge < -0.3 is 20.3 Å². The van der Waals surface area contributed by atoms with E-state index in [2.05, 4.69) is 25.2 Å². The maximum absolute atomic E-state index is 13.2. The molecule has 3 N–H and O–H groups in total. The molecule has 7 heteroatoms. The minimum absolute atomic E-state index is 0.0119. The number of aromatic nitrogens is 3. The topological polar surface area (TPSA) is 94.1 Å². The van der Waals surface area contributed by atoms with Crippen LogP contribution in [0.15, 0.2) is 48.9 Å². The van der Waals surface area contributed by atoms with E-state index < -0.39 is 0 Å². The van der Waals surface area contributed by atoms with Crippen LogP contribution in [-0.4, -0.2) is 51.7 Å². The fraction of sp³-hybridized carbons (Fsp3) is 0.435. The molecular formula is C23H27N5O2. The summed E-state index contributed by atoms with van der Waals surface area (Å²) < 4.78 is 0. The molecule has 2 fully saturated rings. The summed E-state index contributed by atoms with van der Waals surface area (Å²) in [5, 5.41) is 14.0. The molecule has 0 bridgehead atoms. The first-order valence-corrected chi connectivity index (χ1v) is 10.7. The van der Waals surface area contributed by atoms with Crippen LogP contribution in [0.3, 0.4) is 0 Å². The van der Waals surface area contributed by atoms with Gasteiger partial charge in [0.25, 0.3) is 0 Å². The number of aliphatic hydroxyl groups excluding tert-OH is 1. The van der Waals surface area contributed by atoms with Crippen LogP contribution in [0.25, 0.3) is 11.0 Å². The first-order chi connectivity index (χ1) is 14.7. The largest absolute Gasteiger partial charge is 0.394 e. The van der Waals surface area contributed by atoms with E-state index in [1.54, 1.807) is 6.33 Å². The summed E-state index contributed by atoms with van der Waals surface area (Å²) in [5.74, 6) is 1.02. The summed E-state index contributed by atoms with van der Waals surface area (Å²) in [7, 11) is 0. The molecule has 1 aliphatic carbocycles. The number of hydrogen-bond acceptors (Lipinski definition) is 5. The Balaban J connectivity index is 1.28. The first kappa shape index (κ1) is 19.1. The van der Waals surface area contributed by atoms with Crippen LogP contribution >= 0.6 is 0 Å². The number of carbonyl (C=O) groups is 1. The number of aromatic amines is 1. The van der Waals surface area contributed by atoms with Crippen molar-refractivity contribution in [3.63, 3.8) is 0 Å². The third kappa shape index (κ3) is 3.54. The summed E-state index contributed by atoms with van der Waals surface area (Å²) in [4.78, 5) is 27.4. The van der Waals surface area contributed by atoms with Gasteiger partial charge in [-0.25, -0.2) is 9.97 Å². The lowest BCUT2D eigenvalue weighted by Crippen LogP contribution is -2.51. The SMILES string of the molecule is O=C(N[C@H](CO)Cc1ccccc1)C1CCN(c2ncnc3[nH]ccc23)CC12CC2. The Hall–Kier alpha value is -2.93. The maximum atomic E-state index is 13.2. The second-order valence-corrected chi connectivity index (χ2v) is 8.64. The molecule has 7 nitrogen and oxygen atoms in total. The highest BCUT2D eigenvalue weighted by molar-refractivity contribution is 5.87. The van der Waals surface area contributed by atoms with Crippen molar-refractivity contribution in [2.45, 2.75) is 31.7 Å². The average Bonchev–Trinajstić information content (AvgIpc) is 3.35. The molecule has 2 atom stereocenters. The lowest BCUT2D eigenvalue weighted by atomic mass is 9.81. The van der Waals surface area contributed by atoms with Crippen LogP contribution in [0.5, 0.6) is 0 Å². The third-order valence-electron chi connectivity index (χ3n) is 6.67. The molecule has 1 spiro atoms. The Kier molecular flexibility index (Phi) is 4.90. The standard InChI is InChI=1S/C23H27N5O2/c29-13-17(12-16-4-2-1-3-5-16)27-22(30)19-7-11-28(14-23(19)8-9-23)21-18-6-10-24-20(18)25-15-26-21/h1-6,10,15,17,19,29H,7-9,11-14H2,(H,27,30)(H,24,25,26)/t17-,19?/m0/s1. The van der Waals surface area contributed by atoms with Crippen molar-refractivity contribution in [2.75, 3.05) is 24.6 Å². The number of hydrogen-bond donors (Lipinski definition) is 3. The highest BCUT2D eigenvalue weighted by Gasteiger charge is 2.55. The number of nitrogens with zero attached hydrogens (tertiary/aromatic N) is 3. The summed E-state index contributed by atoms with van der Waals surface area (Å²) >= 11 is 0. The van der Waals surface area contributed by atoms with Crippen LogP contribution in [0.2, 0.25) is 0 Å². The minimum atomic E-state index is -0.255. The van der Waals surface area contributed by atoms with Crippen molar-refractivity contribution in [2.24, 2.45) is 11.3 Å². The fourth-order valence-corrected chi connectivity index (χ4v) is 4.89. The Morgan fingerprint density at radius 2 is 2.10 bits per heavy atom. The number of amides is 1. The van der Waals surface area contributed by atoms with Gasteiger partial charge in [0.05, 0.1) is 18.0 Å². The van der Waals surface area contributed by atoms with Crippen LogP contribution < -0.4 is 10.2 Å². The number of carbonyl (C=O) groups excluding carboxylic acids is 1. The third-order valence-corrected chi connectivity index (χ3v) is 6.67. The van der Waals surface area contributed by atoms with Crippen molar-refractivity contribution >= 4 is 22.8 Å². The normalized spacial score (nSPS) is 21.0. The molecule has 3 heterocycles. The molecule has 0 radical (unpaired) electrons. The molecule has 2 aliphatic rings. The van der Waals surface area contributed by atoms with Crippen molar-refractivity contribution < 1.29 is 9.90 Å². The first-order valence-electron chi connectivity index (χ1n) is 10.7. The monoisotopic (exact) mass is 405 g/mol. The van der Waals surface area contributed by atoms with E-state index >= 15 is 0 Å². The minimum Gasteiger partial charge on any atom is -0.394 e. The van der Waals surface area contributed by atoms with E-state index in [4.69, 9.17) is 0 Å². The van der Waals surface area contributed by atoms with Crippen molar-refractivity contribution in [3.05, 3.63) is 54.5 Å². The van der Waals surface area contributed by atoms with Crippen LogP contribution in [0.1, 0.15) is 24.8 Å². The quantitative estimate of drug-likeness (QED) is 0.585. The molecule has 1 aliphatic heterocycles. The summed E-state index contributed by atoms with van der Waals surface area (Å²) in [5.41, 5.74) is 1.98. The predicted molar refractivity (Wildman–Crippen MR) is 115 cm³/mol. The van der Waals surface area contributed by atoms with Gasteiger partial charge in [-0.2, -0.15) is 0 Å². The predicted octanol–water partition coefficient (Wildman–Crippen LogP) is 2.28. The molecule has 5 rings (SSSR count). The second-order valence-electron chi connectivity index (χ2n) is 8.64. The highest BCUT2D eigenvalue weighted by atomic mass is 16.3. The molecule has 1 saturated carbocycles. The van der Waals surface area contributed by atoms with Gasteiger partial charge in [-0.05, 0) is 42.7 Å². The number of rotatable bonds is 6. The van der Waals surface area contributed by atoms with Crippen LogP contribution in [0.4, 0.5) is 5.82 Å². The van der Waals surface area contributed by atoms with Crippen LogP contribution in [0, 0.1) is 11.3 Å². The van der Waals surface area contributed by atoms with E-state index in [1.165, 1.54) is 0 Å². The zero-order chi connectivity index (χ0) is 20.6. The Labute approximate surface area is 175 Å². The van der Waals surface area contributed by atoms with Crippen LogP contribution in [-0.2, 0) is 11.2 Å². The molecule has 1 amide bonds. The number of aliphatic hydroxyl groups is 1. The number of piperidine rings is 1. The van der Waals surface area contributed by atoms with Gasteiger partial charge in [0.15, 0.2) is 0 Å². The number of fused-ring (bicyclic) bond motifs is 1. The number of nitrogens with one attached hydrogen (secondary N) is 2. The maximum Gasteiger partial charge on any atom is 0.224 e.